The second-order valence-corrected chi connectivity index (χ2v) is 6.29. The van der Waals surface area contributed by atoms with Gasteiger partial charge < -0.3 is 11.1 Å². The molecule has 1 heterocycles. The molecule has 0 bridgehead atoms. The van der Waals surface area contributed by atoms with Gasteiger partial charge >= 0.3 is 0 Å². The number of aryl methyl sites for hydroxylation is 2. The Bertz CT molecular complexity index is 918. The molecule has 0 saturated heterocycles. The number of carbonyl (C=O) groups is 1. The number of nitrogens with one attached hydrogen (secondary N) is 1. The van der Waals surface area contributed by atoms with Gasteiger partial charge in [-0.25, -0.2) is 4.68 Å². The van der Waals surface area contributed by atoms with Crippen LogP contribution in [0.4, 0.5) is 11.5 Å². The van der Waals surface area contributed by atoms with Crippen molar-refractivity contribution in [3.63, 3.8) is 0 Å². The fourth-order valence-corrected chi connectivity index (χ4v) is 2.51. The lowest BCUT2D eigenvalue weighted by atomic mass is 10.1. The SMILES string of the molecule is Cc1ccc(Cn2nnc(C(=O)Nc3ccc(C)c(Cl)c3)c2N)cc1. The minimum Gasteiger partial charge on any atom is -0.382 e. The largest absolute Gasteiger partial charge is 0.382 e. The lowest BCUT2D eigenvalue weighted by Crippen LogP contribution is -2.15. The Labute approximate surface area is 150 Å². The zero-order valence-corrected chi connectivity index (χ0v) is 14.7. The molecule has 0 atom stereocenters. The zero-order valence-electron chi connectivity index (χ0n) is 14.0. The number of anilines is 2. The maximum Gasteiger partial charge on any atom is 0.280 e. The van der Waals surface area contributed by atoms with Gasteiger partial charge in [0.15, 0.2) is 11.5 Å². The average molecular weight is 356 g/mol. The Morgan fingerprint density at radius 2 is 1.92 bits per heavy atom. The number of carbonyl (C=O) groups excluding carboxylic acids is 1. The molecule has 7 heteroatoms. The number of nitrogens with two attached hydrogens (primary N) is 1. The lowest BCUT2D eigenvalue weighted by molar-refractivity contribution is 0.102. The van der Waals surface area contributed by atoms with Crippen LogP contribution in [0.3, 0.4) is 0 Å². The van der Waals surface area contributed by atoms with E-state index in [1.165, 1.54) is 10.2 Å². The summed E-state index contributed by atoms with van der Waals surface area (Å²) in [5.41, 5.74) is 9.84. The first-order chi connectivity index (χ1) is 11.9. The number of nitrogen functional groups attached to an aromatic ring is 1. The highest BCUT2D eigenvalue weighted by molar-refractivity contribution is 6.31. The van der Waals surface area contributed by atoms with E-state index >= 15 is 0 Å². The highest BCUT2D eigenvalue weighted by atomic mass is 35.5. The van der Waals surface area contributed by atoms with E-state index in [-0.39, 0.29) is 11.5 Å². The molecule has 3 aromatic rings. The molecule has 0 spiro atoms. The Balaban J connectivity index is 1.76. The van der Waals surface area contributed by atoms with Crippen LogP contribution >= 0.6 is 11.6 Å². The third-order valence-electron chi connectivity index (χ3n) is 3.87. The summed E-state index contributed by atoms with van der Waals surface area (Å²) in [6.45, 7) is 4.36. The van der Waals surface area contributed by atoms with Crippen molar-refractivity contribution in [3.8, 4) is 0 Å². The van der Waals surface area contributed by atoms with Crippen LogP contribution in [0.5, 0.6) is 0 Å². The Morgan fingerprint density at radius 1 is 1.20 bits per heavy atom. The summed E-state index contributed by atoms with van der Waals surface area (Å²) >= 11 is 6.07. The van der Waals surface area contributed by atoms with Crippen LogP contribution in [0.25, 0.3) is 0 Å². The Kier molecular flexibility index (Phi) is 4.72. The molecule has 0 aliphatic heterocycles. The van der Waals surface area contributed by atoms with Gasteiger partial charge in [0.2, 0.25) is 0 Å². The second-order valence-electron chi connectivity index (χ2n) is 5.88. The molecule has 2 aromatic carbocycles. The Hall–Kier alpha value is -2.86. The normalized spacial score (nSPS) is 10.7. The predicted octanol–water partition coefficient (Wildman–Crippen LogP) is 3.43. The van der Waals surface area contributed by atoms with Gasteiger partial charge in [-0.2, -0.15) is 0 Å². The van der Waals surface area contributed by atoms with E-state index in [9.17, 15) is 4.79 Å². The summed E-state index contributed by atoms with van der Waals surface area (Å²) < 4.78 is 1.50. The van der Waals surface area contributed by atoms with Gasteiger partial charge in [0.1, 0.15) is 0 Å². The van der Waals surface area contributed by atoms with Gasteiger partial charge in [0, 0.05) is 10.7 Å². The van der Waals surface area contributed by atoms with E-state index in [0.717, 1.165) is 11.1 Å². The molecule has 3 rings (SSSR count). The Morgan fingerprint density at radius 3 is 2.60 bits per heavy atom. The quantitative estimate of drug-likeness (QED) is 0.750. The lowest BCUT2D eigenvalue weighted by Gasteiger charge is -2.06. The number of rotatable bonds is 4. The van der Waals surface area contributed by atoms with Crippen molar-refractivity contribution in [2.75, 3.05) is 11.1 Å². The molecule has 1 amide bonds. The molecule has 128 valence electrons. The molecular formula is C18H18ClN5O. The van der Waals surface area contributed by atoms with Gasteiger partial charge in [0.05, 0.1) is 6.54 Å². The highest BCUT2D eigenvalue weighted by Gasteiger charge is 2.18. The van der Waals surface area contributed by atoms with Crippen molar-refractivity contribution >= 4 is 29.0 Å². The minimum atomic E-state index is -0.424. The van der Waals surface area contributed by atoms with Crippen molar-refractivity contribution in [1.29, 1.82) is 0 Å². The fraction of sp³-hybridized carbons (Fsp3) is 0.167. The van der Waals surface area contributed by atoms with Crippen LogP contribution in [0.15, 0.2) is 42.5 Å². The maximum atomic E-state index is 12.4. The summed E-state index contributed by atoms with van der Waals surface area (Å²) in [5.74, 6) is -0.205. The smallest absolute Gasteiger partial charge is 0.280 e. The highest BCUT2D eigenvalue weighted by Crippen LogP contribution is 2.21. The molecule has 0 radical (unpaired) electrons. The molecule has 3 N–H and O–H groups in total. The molecule has 6 nitrogen and oxygen atoms in total. The van der Waals surface area contributed by atoms with Crippen molar-refractivity contribution in [2.45, 2.75) is 20.4 Å². The van der Waals surface area contributed by atoms with E-state index < -0.39 is 5.91 Å². The second kappa shape index (κ2) is 6.94. The summed E-state index contributed by atoms with van der Waals surface area (Å²) in [5, 5.41) is 11.2. The van der Waals surface area contributed by atoms with E-state index in [2.05, 4.69) is 15.6 Å². The molecule has 0 saturated carbocycles. The van der Waals surface area contributed by atoms with Crippen molar-refractivity contribution < 1.29 is 4.79 Å². The van der Waals surface area contributed by atoms with E-state index in [1.54, 1.807) is 12.1 Å². The number of nitrogens with zero attached hydrogens (tertiary/aromatic N) is 3. The molecule has 0 aliphatic carbocycles. The number of hydrogen-bond donors (Lipinski definition) is 2. The summed E-state index contributed by atoms with van der Waals surface area (Å²) in [6, 6.07) is 13.3. The third-order valence-corrected chi connectivity index (χ3v) is 4.28. The summed E-state index contributed by atoms with van der Waals surface area (Å²) in [6.07, 6.45) is 0. The minimum absolute atomic E-state index is 0.0869. The molecule has 0 aliphatic rings. The number of aromatic nitrogens is 3. The van der Waals surface area contributed by atoms with E-state index in [0.29, 0.717) is 17.3 Å². The maximum absolute atomic E-state index is 12.4. The van der Waals surface area contributed by atoms with Crippen molar-refractivity contribution in [3.05, 3.63) is 69.9 Å². The molecule has 25 heavy (non-hydrogen) atoms. The van der Waals surface area contributed by atoms with Crippen LogP contribution in [0.2, 0.25) is 5.02 Å². The molecular weight excluding hydrogens is 338 g/mol. The van der Waals surface area contributed by atoms with Crippen LogP contribution in [0, 0.1) is 13.8 Å². The first-order valence-electron chi connectivity index (χ1n) is 7.76. The van der Waals surface area contributed by atoms with Gasteiger partial charge in [-0.05, 0) is 37.1 Å². The molecule has 1 aromatic heterocycles. The zero-order chi connectivity index (χ0) is 18.0. The molecule has 0 fully saturated rings. The van der Waals surface area contributed by atoms with Gasteiger partial charge in [0.25, 0.3) is 5.91 Å². The molecule has 0 unspecified atom stereocenters. The van der Waals surface area contributed by atoms with Crippen molar-refractivity contribution in [1.82, 2.24) is 15.0 Å². The fourth-order valence-electron chi connectivity index (χ4n) is 2.33. The topological polar surface area (TPSA) is 85.8 Å². The standard InChI is InChI=1S/C18H18ClN5O/c1-11-3-6-13(7-4-11)10-24-17(20)16(22-23-24)18(25)21-14-8-5-12(2)15(19)9-14/h3-9H,10,20H2,1-2H3,(H,21,25). The van der Waals surface area contributed by atoms with Crippen LogP contribution in [-0.4, -0.2) is 20.9 Å². The van der Waals surface area contributed by atoms with Crippen LogP contribution in [-0.2, 0) is 6.54 Å². The summed E-state index contributed by atoms with van der Waals surface area (Å²) in [4.78, 5) is 12.4. The number of amides is 1. The van der Waals surface area contributed by atoms with Crippen LogP contribution in [0.1, 0.15) is 27.2 Å². The first-order valence-corrected chi connectivity index (χ1v) is 8.14. The van der Waals surface area contributed by atoms with Gasteiger partial charge in [-0.15, -0.1) is 5.10 Å². The monoisotopic (exact) mass is 355 g/mol. The number of hydrogen-bond acceptors (Lipinski definition) is 4. The van der Waals surface area contributed by atoms with Gasteiger partial charge in [-0.3, -0.25) is 4.79 Å². The van der Waals surface area contributed by atoms with E-state index in [4.69, 9.17) is 17.3 Å². The van der Waals surface area contributed by atoms with E-state index in [1.807, 2.05) is 44.2 Å². The van der Waals surface area contributed by atoms with Crippen molar-refractivity contribution in [2.24, 2.45) is 0 Å². The van der Waals surface area contributed by atoms with Crippen LogP contribution < -0.4 is 11.1 Å². The average Bonchev–Trinajstić information content (AvgIpc) is 2.94. The first kappa shape index (κ1) is 17.0. The summed E-state index contributed by atoms with van der Waals surface area (Å²) in [7, 11) is 0. The van der Waals surface area contributed by atoms with Gasteiger partial charge in [-0.1, -0.05) is 52.7 Å². The number of halogens is 1. The third kappa shape index (κ3) is 3.80. The number of benzene rings is 2. The predicted molar refractivity (Wildman–Crippen MR) is 98.9 cm³/mol.